The third-order valence-corrected chi connectivity index (χ3v) is 5.32. The van der Waals surface area contributed by atoms with Crippen LogP contribution in [0.25, 0.3) is 0 Å². The quantitative estimate of drug-likeness (QED) is 0.201. The lowest BCUT2D eigenvalue weighted by atomic mass is 10.1. The van der Waals surface area contributed by atoms with Gasteiger partial charge in [-0.15, -0.1) is 0 Å². The van der Waals surface area contributed by atoms with Gasteiger partial charge in [-0.05, 0) is 75.1 Å². The first-order valence-electron chi connectivity index (χ1n) is 13.7. The maximum absolute atomic E-state index is 12.9. The molecule has 0 radical (unpaired) electrons. The molecule has 3 rings (SSSR count). The lowest BCUT2D eigenvalue weighted by Gasteiger charge is -2.13. The molecule has 0 bridgehead atoms. The predicted molar refractivity (Wildman–Crippen MR) is 160 cm³/mol. The van der Waals surface area contributed by atoms with Crippen LogP contribution < -0.4 is 10.6 Å². The number of halogens is 2. The van der Waals surface area contributed by atoms with Gasteiger partial charge in [0.2, 0.25) is 12.4 Å². The minimum atomic E-state index is -0.527. The van der Waals surface area contributed by atoms with Gasteiger partial charge in [0.05, 0.1) is 6.04 Å². The van der Waals surface area contributed by atoms with E-state index in [9.17, 15) is 23.2 Å². The summed E-state index contributed by atoms with van der Waals surface area (Å²) in [6, 6.07) is 12.4. The van der Waals surface area contributed by atoms with Crippen molar-refractivity contribution in [1.29, 1.82) is 0 Å². The average molecular weight is 559 g/mol. The summed E-state index contributed by atoms with van der Waals surface area (Å²) in [5.41, 5.74) is 1.82. The van der Waals surface area contributed by atoms with E-state index in [1.807, 2.05) is 13.8 Å². The number of aliphatic imine (C=N–C) groups is 1. The monoisotopic (exact) mass is 558 g/mol. The van der Waals surface area contributed by atoms with Gasteiger partial charge in [0.25, 0.3) is 5.91 Å². The van der Waals surface area contributed by atoms with Crippen molar-refractivity contribution in [3.8, 4) is 0 Å². The second-order valence-corrected chi connectivity index (χ2v) is 8.50. The standard InChI is InChI=1S/C15H15FN2O2.C7H8FN.C7H15NO.C2H6/c1-10(19)11-4-2-5-12(8-11)15(20)18-13-6-3-7-14(16)17-9-13;1-9-7-4-2-6(8)3-5-7;1-3-5-8(7-9)6-4-2;1-2/h2,4-5,7-9,13H,3,6H2,1H3,(H,18,20);2-5,9H,1H3;7H,3-6H2,1-2H3;1-2H3. The van der Waals surface area contributed by atoms with Gasteiger partial charge in [0.15, 0.2) is 5.78 Å². The number of hydrogen-bond donors (Lipinski definition) is 2. The van der Waals surface area contributed by atoms with E-state index in [1.54, 1.807) is 48.3 Å². The molecule has 0 spiro atoms. The molecule has 9 heteroatoms. The number of nitrogens with zero attached hydrogens (tertiary/aromatic N) is 2. The summed E-state index contributed by atoms with van der Waals surface area (Å²) >= 11 is 0. The molecule has 2 aromatic rings. The van der Waals surface area contributed by atoms with E-state index < -0.39 is 5.95 Å². The number of amides is 2. The van der Waals surface area contributed by atoms with Crippen molar-refractivity contribution in [2.45, 2.75) is 66.3 Å². The molecule has 1 unspecified atom stereocenters. The lowest BCUT2D eigenvalue weighted by molar-refractivity contribution is -0.118. The predicted octanol–water partition coefficient (Wildman–Crippen LogP) is 6.82. The van der Waals surface area contributed by atoms with Crippen molar-refractivity contribution in [2.75, 3.05) is 25.5 Å². The van der Waals surface area contributed by atoms with Crippen molar-refractivity contribution < 1.29 is 23.2 Å². The number of hydrogen-bond acceptors (Lipinski definition) is 5. The number of rotatable bonds is 9. The highest BCUT2D eigenvalue weighted by Gasteiger charge is 2.14. The zero-order valence-corrected chi connectivity index (χ0v) is 24.5. The van der Waals surface area contributed by atoms with Gasteiger partial charge in [-0.2, -0.15) is 4.39 Å². The molecular weight excluding hydrogens is 514 g/mol. The Bertz CT molecular complexity index is 1070. The molecule has 7 nitrogen and oxygen atoms in total. The minimum absolute atomic E-state index is 0.0954. The highest BCUT2D eigenvalue weighted by atomic mass is 19.1. The van der Waals surface area contributed by atoms with Crippen LogP contribution in [0.5, 0.6) is 0 Å². The Kier molecular flexibility index (Phi) is 19.9. The highest BCUT2D eigenvalue weighted by Crippen LogP contribution is 2.11. The zero-order chi connectivity index (χ0) is 30.3. The van der Waals surface area contributed by atoms with Gasteiger partial charge in [-0.25, -0.2) is 9.38 Å². The fraction of sp³-hybridized carbons (Fsp3) is 0.419. The van der Waals surface area contributed by atoms with Crippen LogP contribution in [0, 0.1) is 5.82 Å². The van der Waals surface area contributed by atoms with Crippen LogP contribution in [0.4, 0.5) is 14.5 Å². The number of allylic oxidation sites excluding steroid dienone is 1. The number of Topliss-reactive ketones (excluding diaryl/α,β-unsaturated/α-hetero) is 1. The molecule has 0 aromatic heterocycles. The average Bonchev–Trinajstić information content (AvgIpc) is 3.18. The van der Waals surface area contributed by atoms with E-state index in [0.717, 1.165) is 38.0 Å². The molecule has 40 heavy (non-hydrogen) atoms. The van der Waals surface area contributed by atoms with Crippen molar-refractivity contribution in [3.63, 3.8) is 0 Å². The van der Waals surface area contributed by atoms with Gasteiger partial charge >= 0.3 is 0 Å². The maximum atomic E-state index is 12.9. The van der Waals surface area contributed by atoms with Gasteiger partial charge in [0, 0.05) is 43.2 Å². The van der Waals surface area contributed by atoms with Crippen molar-refractivity contribution in [1.82, 2.24) is 10.2 Å². The van der Waals surface area contributed by atoms with Crippen LogP contribution in [0.3, 0.4) is 0 Å². The van der Waals surface area contributed by atoms with Gasteiger partial charge in [0.1, 0.15) is 5.82 Å². The third kappa shape index (κ3) is 15.5. The molecule has 0 saturated carbocycles. The number of benzene rings is 2. The van der Waals surface area contributed by atoms with Crippen LogP contribution >= 0.6 is 0 Å². The Morgan fingerprint density at radius 3 is 2.15 bits per heavy atom. The summed E-state index contributed by atoms with van der Waals surface area (Å²) in [5, 5.41) is 5.65. The number of anilines is 1. The SMILES string of the molecule is CC.CC(=O)c1cccc(C(=O)NC2C=NC(F)=CCC2)c1.CCCN(C=O)CCC.CNc1ccc(F)cc1. The van der Waals surface area contributed by atoms with Gasteiger partial charge in [-0.3, -0.25) is 14.4 Å². The fourth-order valence-corrected chi connectivity index (χ4v) is 3.32. The summed E-state index contributed by atoms with van der Waals surface area (Å²) in [6.45, 7) is 11.4. The van der Waals surface area contributed by atoms with Gasteiger partial charge in [-0.1, -0.05) is 39.8 Å². The summed E-state index contributed by atoms with van der Waals surface area (Å²) < 4.78 is 25.1. The van der Waals surface area contributed by atoms with Crippen LogP contribution in [0.2, 0.25) is 0 Å². The molecule has 1 heterocycles. The smallest absolute Gasteiger partial charge is 0.251 e. The number of ketones is 1. The molecule has 2 N–H and O–H groups in total. The molecule has 1 atom stereocenters. The molecule has 0 saturated heterocycles. The summed E-state index contributed by atoms with van der Waals surface area (Å²) in [5.74, 6) is -1.12. The topological polar surface area (TPSA) is 90.9 Å². The summed E-state index contributed by atoms with van der Waals surface area (Å²) in [6.07, 6.45) is 6.92. The highest BCUT2D eigenvalue weighted by molar-refractivity contribution is 6.00. The largest absolute Gasteiger partial charge is 0.388 e. The van der Waals surface area contributed by atoms with Crippen molar-refractivity contribution in [2.24, 2.45) is 4.99 Å². The fourth-order valence-electron chi connectivity index (χ4n) is 3.32. The molecule has 0 aliphatic carbocycles. The van der Waals surface area contributed by atoms with Crippen LogP contribution in [-0.4, -0.2) is 55.4 Å². The zero-order valence-electron chi connectivity index (χ0n) is 24.5. The van der Waals surface area contributed by atoms with Crippen LogP contribution in [0.15, 0.2) is 65.6 Å². The van der Waals surface area contributed by atoms with Crippen LogP contribution in [-0.2, 0) is 4.79 Å². The molecule has 2 amide bonds. The minimum Gasteiger partial charge on any atom is -0.388 e. The van der Waals surface area contributed by atoms with Crippen molar-refractivity contribution in [3.05, 3.63) is 77.5 Å². The van der Waals surface area contributed by atoms with E-state index in [2.05, 4.69) is 29.5 Å². The second-order valence-electron chi connectivity index (χ2n) is 8.50. The Morgan fingerprint density at radius 2 is 1.62 bits per heavy atom. The first kappa shape index (κ1) is 36.1. The van der Waals surface area contributed by atoms with E-state index in [0.29, 0.717) is 24.0 Å². The number of carbonyl (C=O) groups is 3. The molecular formula is C31H44F2N4O3. The number of nitrogens with one attached hydrogen (secondary N) is 2. The van der Waals surface area contributed by atoms with E-state index in [4.69, 9.17) is 0 Å². The molecule has 220 valence electrons. The normalized spacial score (nSPS) is 13.3. The first-order chi connectivity index (χ1) is 19.2. The maximum Gasteiger partial charge on any atom is 0.251 e. The molecule has 0 fully saturated rings. The third-order valence-electron chi connectivity index (χ3n) is 5.32. The number of carbonyl (C=O) groups excluding carboxylic acids is 3. The van der Waals surface area contributed by atoms with Crippen LogP contribution in [0.1, 0.15) is 81.0 Å². The summed E-state index contributed by atoms with van der Waals surface area (Å²) in [7, 11) is 1.80. The van der Waals surface area contributed by atoms with Gasteiger partial charge < -0.3 is 15.5 Å². The van der Waals surface area contributed by atoms with Crippen molar-refractivity contribution >= 4 is 30.0 Å². The Balaban J connectivity index is 0.000000634. The summed E-state index contributed by atoms with van der Waals surface area (Å²) in [4.78, 5) is 39.0. The molecule has 2 aromatic carbocycles. The lowest BCUT2D eigenvalue weighted by Crippen LogP contribution is -2.35. The van der Waals surface area contributed by atoms with E-state index in [-0.39, 0.29) is 23.5 Å². The Hall–Kier alpha value is -3.88. The Labute approximate surface area is 237 Å². The molecule has 1 aliphatic heterocycles. The van der Waals surface area contributed by atoms with E-state index in [1.165, 1.54) is 31.3 Å². The van der Waals surface area contributed by atoms with E-state index >= 15 is 0 Å². The Morgan fingerprint density at radius 1 is 1.02 bits per heavy atom. The molecule has 1 aliphatic rings. The second kappa shape index (κ2) is 22.0. The first-order valence-corrected chi connectivity index (χ1v) is 13.7.